The van der Waals surface area contributed by atoms with Crippen LogP contribution in [0.4, 0.5) is 0 Å². The van der Waals surface area contributed by atoms with Crippen molar-refractivity contribution in [2.75, 3.05) is 6.61 Å². The molecule has 0 rings (SSSR count). The molecule has 0 aliphatic heterocycles. The molecule has 7 N–H and O–H groups in total. The van der Waals surface area contributed by atoms with E-state index < -0.39 is 24.0 Å². The van der Waals surface area contributed by atoms with Gasteiger partial charge in [0.15, 0.2) is 0 Å². The van der Waals surface area contributed by atoms with E-state index in [1.54, 1.807) is 0 Å². The third kappa shape index (κ3) is 9.73. The number of rotatable bonds is 6. The normalized spacial score (nSPS) is 15.1. The van der Waals surface area contributed by atoms with Gasteiger partial charge in [-0.15, -0.1) is 0 Å². The minimum atomic E-state index is -1.07. The molecule has 0 saturated heterocycles. The Morgan fingerprint density at radius 1 is 1.18 bits per heavy atom. The van der Waals surface area contributed by atoms with Crippen molar-refractivity contribution in [2.24, 2.45) is 17.4 Å². The lowest BCUT2D eigenvalue weighted by atomic mass is 10.0. The van der Waals surface area contributed by atoms with Crippen LogP contribution < -0.4 is 11.5 Å². The summed E-state index contributed by atoms with van der Waals surface area (Å²) in [6.07, 6.45) is 0.933. The summed E-state index contributed by atoms with van der Waals surface area (Å²) in [5.74, 6) is -1.91. The number of carbonyl (C=O) groups is 2. The van der Waals surface area contributed by atoms with Gasteiger partial charge in [-0.05, 0) is 12.3 Å². The average Bonchev–Trinajstić information content (AvgIpc) is 2.27. The van der Waals surface area contributed by atoms with Crippen LogP contribution in [-0.2, 0) is 9.59 Å². The zero-order chi connectivity index (χ0) is 14.0. The molecule has 0 spiro atoms. The molecule has 0 aromatic rings. The maximum absolute atomic E-state index is 10.2. The molecule has 0 saturated carbocycles. The van der Waals surface area contributed by atoms with Crippen molar-refractivity contribution in [3.8, 4) is 0 Å². The van der Waals surface area contributed by atoms with Crippen LogP contribution in [-0.4, -0.2) is 45.9 Å². The van der Waals surface area contributed by atoms with E-state index in [1.807, 2.05) is 13.8 Å². The first kappa shape index (κ1) is 18.2. The van der Waals surface area contributed by atoms with Gasteiger partial charge in [0.25, 0.3) is 0 Å². The topological polar surface area (TPSA) is 147 Å². The number of hydrogen-bond donors (Lipinski definition) is 5. The smallest absolute Gasteiger partial charge is 0.320 e. The van der Waals surface area contributed by atoms with Crippen molar-refractivity contribution in [1.82, 2.24) is 0 Å². The summed E-state index contributed by atoms with van der Waals surface area (Å²) in [6.45, 7) is 3.58. The quantitative estimate of drug-likeness (QED) is 0.415. The van der Waals surface area contributed by atoms with Crippen LogP contribution in [0.5, 0.6) is 0 Å². The van der Waals surface area contributed by atoms with E-state index in [9.17, 15) is 9.59 Å². The van der Waals surface area contributed by atoms with E-state index in [1.165, 1.54) is 0 Å². The van der Waals surface area contributed by atoms with Crippen molar-refractivity contribution in [3.63, 3.8) is 0 Å². The number of hydrogen-bond acceptors (Lipinski definition) is 5. The molecule has 17 heavy (non-hydrogen) atoms. The van der Waals surface area contributed by atoms with Crippen molar-refractivity contribution < 1.29 is 24.9 Å². The number of aliphatic hydroxyl groups excluding tert-OH is 1. The van der Waals surface area contributed by atoms with Gasteiger partial charge in [-0.2, -0.15) is 0 Å². The monoisotopic (exact) mass is 250 g/mol. The summed E-state index contributed by atoms with van der Waals surface area (Å²) in [7, 11) is 0. The highest BCUT2D eigenvalue weighted by Crippen LogP contribution is 2.04. The number of nitrogens with two attached hydrogens (primary N) is 2. The van der Waals surface area contributed by atoms with Crippen molar-refractivity contribution >= 4 is 11.9 Å². The van der Waals surface area contributed by atoms with Crippen LogP contribution in [0.2, 0.25) is 0 Å². The highest BCUT2D eigenvalue weighted by Gasteiger charge is 2.17. The molecule has 0 bridgehead atoms. The summed E-state index contributed by atoms with van der Waals surface area (Å²) in [5, 5.41) is 24.6. The second-order valence-corrected chi connectivity index (χ2v) is 3.71. The van der Waals surface area contributed by atoms with Crippen LogP contribution in [0.3, 0.4) is 0 Å². The number of carboxylic acids is 2. The van der Waals surface area contributed by atoms with Crippen LogP contribution in [0, 0.1) is 5.92 Å². The van der Waals surface area contributed by atoms with Gasteiger partial charge in [0, 0.05) is 6.61 Å². The molecule has 0 aromatic carbocycles. The van der Waals surface area contributed by atoms with E-state index in [0.29, 0.717) is 0 Å². The summed E-state index contributed by atoms with van der Waals surface area (Å²) >= 11 is 0. The Balaban J connectivity index is 0. The number of aliphatic hydroxyl groups is 1. The summed E-state index contributed by atoms with van der Waals surface area (Å²) in [5.41, 5.74) is 10.2. The van der Waals surface area contributed by atoms with Crippen LogP contribution in [0.1, 0.15) is 26.7 Å². The van der Waals surface area contributed by atoms with Crippen molar-refractivity contribution in [3.05, 3.63) is 0 Å². The van der Waals surface area contributed by atoms with E-state index in [2.05, 4.69) is 0 Å². The molecule has 2 unspecified atom stereocenters. The maximum Gasteiger partial charge on any atom is 0.320 e. The molecule has 7 nitrogen and oxygen atoms in total. The second-order valence-electron chi connectivity index (χ2n) is 3.71. The van der Waals surface area contributed by atoms with Gasteiger partial charge in [0.1, 0.15) is 12.1 Å². The van der Waals surface area contributed by atoms with Gasteiger partial charge in [-0.25, -0.2) is 0 Å². The fourth-order valence-electron chi connectivity index (χ4n) is 0.760. The Bertz CT molecular complexity index is 235. The molecule has 0 aliphatic carbocycles. The number of carboxylic acid groups (broad SMARTS) is 2. The zero-order valence-electron chi connectivity index (χ0n) is 10.2. The predicted molar refractivity (Wildman–Crippen MR) is 62.4 cm³/mol. The van der Waals surface area contributed by atoms with Crippen LogP contribution in [0.25, 0.3) is 0 Å². The highest BCUT2D eigenvalue weighted by atomic mass is 16.4. The van der Waals surface area contributed by atoms with Gasteiger partial charge in [0.05, 0.1) is 0 Å². The van der Waals surface area contributed by atoms with Gasteiger partial charge < -0.3 is 26.8 Å². The summed E-state index contributed by atoms with van der Waals surface area (Å²) < 4.78 is 0. The highest BCUT2D eigenvalue weighted by molar-refractivity contribution is 5.73. The molecule has 0 aromatic heterocycles. The Morgan fingerprint density at radius 2 is 1.65 bits per heavy atom. The first-order chi connectivity index (χ1) is 7.77. The molecular formula is C10H22N2O5. The lowest BCUT2D eigenvalue weighted by Crippen LogP contribution is -2.36. The Kier molecular flexibility index (Phi) is 10.7. The zero-order valence-corrected chi connectivity index (χ0v) is 10.2. The number of aliphatic carboxylic acids is 2. The van der Waals surface area contributed by atoms with Gasteiger partial charge >= 0.3 is 11.9 Å². The molecule has 0 heterocycles. The van der Waals surface area contributed by atoms with Gasteiger partial charge in [-0.1, -0.05) is 20.3 Å². The molecule has 102 valence electrons. The predicted octanol–water partition coefficient (Wildman–Crippen LogP) is -0.775. The molecule has 0 amide bonds. The van der Waals surface area contributed by atoms with Crippen LogP contribution in [0.15, 0.2) is 0 Å². The first-order valence-electron chi connectivity index (χ1n) is 5.35. The molecule has 7 heteroatoms. The van der Waals surface area contributed by atoms with E-state index in [0.717, 1.165) is 6.42 Å². The molecule has 0 fully saturated rings. The molecular weight excluding hydrogens is 228 g/mol. The lowest BCUT2D eigenvalue weighted by Gasteiger charge is -2.11. The van der Waals surface area contributed by atoms with Crippen LogP contribution >= 0.6 is 0 Å². The Labute approximate surface area is 100 Å². The van der Waals surface area contributed by atoms with Crippen molar-refractivity contribution in [2.45, 2.75) is 38.8 Å². The Morgan fingerprint density at radius 3 is 1.76 bits per heavy atom. The minimum absolute atomic E-state index is 0.0718. The second kappa shape index (κ2) is 10.0. The fraction of sp³-hybridized carbons (Fsp3) is 0.800. The lowest BCUT2D eigenvalue weighted by molar-refractivity contribution is -0.140. The average molecular weight is 250 g/mol. The third-order valence-corrected chi connectivity index (χ3v) is 2.30. The SMILES string of the molecule is CCC(C)C(N)C(=O)O.N[C@@H](CCO)C(=O)O. The molecule has 0 aliphatic rings. The fourth-order valence-corrected chi connectivity index (χ4v) is 0.760. The molecule has 3 atom stereocenters. The maximum atomic E-state index is 10.2. The van der Waals surface area contributed by atoms with E-state index >= 15 is 0 Å². The largest absolute Gasteiger partial charge is 0.480 e. The van der Waals surface area contributed by atoms with E-state index in [-0.39, 0.29) is 18.9 Å². The first-order valence-corrected chi connectivity index (χ1v) is 5.35. The van der Waals surface area contributed by atoms with Crippen molar-refractivity contribution in [1.29, 1.82) is 0 Å². The minimum Gasteiger partial charge on any atom is -0.480 e. The Hall–Kier alpha value is -1.18. The standard InChI is InChI=1S/C6H13NO2.C4H9NO3/c1-3-4(2)5(7)6(8)9;5-3(1-2-6)4(7)8/h4-5H,3,7H2,1-2H3,(H,8,9);3,6H,1-2,5H2,(H,7,8)/t;3-/m.0/s1. The van der Waals surface area contributed by atoms with E-state index in [4.69, 9.17) is 26.8 Å². The van der Waals surface area contributed by atoms with Gasteiger partial charge in [0.2, 0.25) is 0 Å². The third-order valence-electron chi connectivity index (χ3n) is 2.30. The molecule has 0 radical (unpaired) electrons. The summed E-state index contributed by atoms with van der Waals surface area (Å²) in [6, 6.07) is -1.62. The van der Waals surface area contributed by atoms with Gasteiger partial charge in [-0.3, -0.25) is 9.59 Å². The summed E-state index contributed by atoms with van der Waals surface area (Å²) in [4.78, 5) is 20.0.